The van der Waals surface area contributed by atoms with Gasteiger partial charge in [0.1, 0.15) is 5.41 Å². The van der Waals surface area contributed by atoms with Crippen LogP contribution in [0, 0.1) is 6.92 Å². The first kappa shape index (κ1) is 22.2. The van der Waals surface area contributed by atoms with Crippen LogP contribution in [0.15, 0.2) is 48.7 Å². The van der Waals surface area contributed by atoms with Crippen molar-refractivity contribution in [1.29, 1.82) is 0 Å². The Kier molecular flexibility index (Phi) is 5.67. The predicted molar refractivity (Wildman–Crippen MR) is 127 cm³/mol. The zero-order valence-corrected chi connectivity index (χ0v) is 19.4. The summed E-state index contributed by atoms with van der Waals surface area (Å²) in [5, 5.41) is 0. The number of allylic oxidation sites excluding steroid dienone is 1. The third-order valence-electron chi connectivity index (χ3n) is 6.77. The summed E-state index contributed by atoms with van der Waals surface area (Å²) < 4.78 is 0. The highest BCUT2D eigenvalue weighted by Crippen LogP contribution is 2.40. The van der Waals surface area contributed by atoms with Gasteiger partial charge in [-0.15, -0.1) is 0 Å². The number of rotatable bonds is 4. The molecule has 6 heteroatoms. The Balaban J connectivity index is 1.62. The molecule has 0 aliphatic carbocycles. The molecular formula is C26H32N4O2. The number of pyridine rings is 1. The van der Waals surface area contributed by atoms with Crippen LogP contribution in [0.2, 0.25) is 0 Å². The number of carbonyl (C=O) groups excluding carboxylic acids is 2. The summed E-state index contributed by atoms with van der Waals surface area (Å²) in [5.41, 5.74) is 9.64. The molecule has 1 saturated heterocycles. The molecule has 0 spiro atoms. The van der Waals surface area contributed by atoms with Crippen LogP contribution in [0.1, 0.15) is 50.4 Å². The smallest absolute Gasteiger partial charge is 0.241 e. The summed E-state index contributed by atoms with van der Waals surface area (Å²) in [4.78, 5) is 34.7. The second kappa shape index (κ2) is 8.17. The predicted octanol–water partition coefficient (Wildman–Crippen LogP) is 3.44. The fourth-order valence-electron chi connectivity index (χ4n) is 5.32. The van der Waals surface area contributed by atoms with Crippen molar-refractivity contribution in [1.82, 2.24) is 9.88 Å². The minimum atomic E-state index is -0.872. The van der Waals surface area contributed by atoms with Crippen LogP contribution < -0.4 is 10.6 Å². The highest BCUT2D eigenvalue weighted by molar-refractivity contribution is 6.01. The summed E-state index contributed by atoms with van der Waals surface area (Å²) in [7, 11) is 0. The van der Waals surface area contributed by atoms with Gasteiger partial charge in [0.25, 0.3) is 0 Å². The lowest BCUT2D eigenvalue weighted by Gasteiger charge is -2.44. The van der Waals surface area contributed by atoms with E-state index in [1.165, 1.54) is 11.1 Å². The molecule has 2 aliphatic rings. The monoisotopic (exact) mass is 432 g/mol. The molecular weight excluding hydrogens is 400 g/mol. The zero-order valence-electron chi connectivity index (χ0n) is 19.4. The molecule has 1 aromatic heterocycles. The maximum Gasteiger partial charge on any atom is 0.241 e. The first-order chi connectivity index (χ1) is 15.1. The number of aryl methyl sites for hydroxylation is 1. The van der Waals surface area contributed by atoms with Crippen LogP contribution >= 0.6 is 0 Å². The molecule has 2 amide bonds. The van der Waals surface area contributed by atoms with Gasteiger partial charge in [0.2, 0.25) is 11.8 Å². The molecule has 2 aliphatic heterocycles. The van der Waals surface area contributed by atoms with Gasteiger partial charge in [-0.05, 0) is 76.9 Å². The van der Waals surface area contributed by atoms with E-state index in [4.69, 9.17) is 5.73 Å². The number of benzene rings is 1. The Morgan fingerprint density at radius 3 is 2.62 bits per heavy atom. The van der Waals surface area contributed by atoms with Crippen LogP contribution in [0.4, 0.5) is 5.69 Å². The molecule has 2 aromatic rings. The van der Waals surface area contributed by atoms with E-state index >= 15 is 0 Å². The molecule has 1 fully saturated rings. The SMILES string of the molecule is CC1=CC(C)(C)N(C(=O)CN2CCC[C@@](C(N)=O)(c3ccccn3)C2)c2ccc(C)cc21. The van der Waals surface area contributed by atoms with Crippen molar-refractivity contribution in [2.45, 2.75) is 51.5 Å². The minimum absolute atomic E-state index is 0.0187. The quantitative estimate of drug-likeness (QED) is 0.803. The Morgan fingerprint density at radius 2 is 1.94 bits per heavy atom. The normalized spacial score (nSPS) is 22.8. The van der Waals surface area contributed by atoms with Crippen molar-refractivity contribution in [2.24, 2.45) is 5.73 Å². The van der Waals surface area contributed by atoms with Crippen LogP contribution in [0.3, 0.4) is 0 Å². The van der Waals surface area contributed by atoms with Crippen molar-refractivity contribution in [3.05, 3.63) is 65.5 Å². The van der Waals surface area contributed by atoms with E-state index in [0.717, 1.165) is 24.2 Å². The molecule has 32 heavy (non-hydrogen) atoms. The average molecular weight is 433 g/mol. The van der Waals surface area contributed by atoms with Gasteiger partial charge in [0, 0.05) is 18.3 Å². The van der Waals surface area contributed by atoms with Crippen molar-refractivity contribution in [3.63, 3.8) is 0 Å². The fraction of sp³-hybridized carbons (Fsp3) is 0.423. The number of fused-ring (bicyclic) bond motifs is 1. The van der Waals surface area contributed by atoms with Crippen LogP contribution in [-0.4, -0.2) is 46.9 Å². The second-order valence-corrected chi connectivity index (χ2v) is 9.71. The summed E-state index contributed by atoms with van der Waals surface area (Å²) in [6.07, 6.45) is 5.27. The lowest BCUT2D eigenvalue weighted by molar-refractivity contribution is -0.128. The number of hydrogen-bond donors (Lipinski definition) is 1. The number of amides is 2. The van der Waals surface area contributed by atoms with Gasteiger partial charge in [-0.3, -0.25) is 19.5 Å². The number of piperidine rings is 1. The first-order valence-electron chi connectivity index (χ1n) is 11.2. The molecule has 3 heterocycles. The van der Waals surface area contributed by atoms with Gasteiger partial charge in [-0.1, -0.05) is 23.8 Å². The average Bonchev–Trinajstić information content (AvgIpc) is 2.74. The molecule has 6 nitrogen and oxygen atoms in total. The molecule has 1 atom stereocenters. The Bertz CT molecular complexity index is 1080. The number of nitrogens with zero attached hydrogens (tertiary/aromatic N) is 3. The van der Waals surface area contributed by atoms with E-state index in [-0.39, 0.29) is 18.4 Å². The number of nitrogens with two attached hydrogens (primary N) is 1. The molecule has 168 valence electrons. The minimum Gasteiger partial charge on any atom is -0.369 e. The largest absolute Gasteiger partial charge is 0.369 e. The van der Waals surface area contributed by atoms with E-state index in [0.29, 0.717) is 18.7 Å². The van der Waals surface area contributed by atoms with Crippen LogP contribution in [0.25, 0.3) is 5.57 Å². The summed E-state index contributed by atoms with van der Waals surface area (Å²) in [6.45, 7) is 9.66. The van der Waals surface area contributed by atoms with E-state index in [1.807, 2.05) is 35.2 Å². The van der Waals surface area contributed by atoms with E-state index in [9.17, 15) is 9.59 Å². The summed E-state index contributed by atoms with van der Waals surface area (Å²) >= 11 is 0. The zero-order chi connectivity index (χ0) is 23.1. The Morgan fingerprint density at radius 1 is 1.16 bits per heavy atom. The van der Waals surface area contributed by atoms with E-state index in [1.54, 1.807) is 6.20 Å². The van der Waals surface area contributed by atoms with Gasteiger partial charge in [0.05, 0.1) is 23.5 Å². The molecule has 0 saturated carbocycles. The molecule has 2 N–H and O–H groups in total. The molecule has 4 rings (SSSR count). The van der Waals surface area contributed by atoms with Gasteiger partial charge in [0.15, 0.2) is 0 Å². The number of hydrogen-bond acceptors (Lipinski definition) is 4. The maximum atomic E-state index is 13.7. The number of likely N-dealkylation sites (tertiary alicyclic amines) is 1. The van der Waals surface area contributed by atoms with E-state index < -0.39 is 11.0 Å². The van der Waals surface area contributed by atoms with Gasteiger partial charge < -0.3 is 10.6 Å². The Labute approximate surface area is 190 Å². The van der Waals surface area contributed by atoms with Crippen molar-refractivity contribution < 1.29 is 9.59 Å². The number of anilines is 1. The molecule has 0 bridgehead atoms. The van der Waals surface area contributed by atoms with Gasteiger partial charge >= 0.3 is 0 Å². The number of primary amides is 1. The number of carbonyl (C=O) groups is 2. The highest BCUT2D eigenvalue weighted by Gasteiger charge is 2.45. The van der Waals surface area contributed by atoms with Crippen LogP contribution in [-0.2, 0) is 15.0 Å². The summed E-state index contributed by atoms with van der Waals surface area (Å²) in [5.74, 6) is -0.365. The van der Waals surface area contributed by atoms with Crippen molar-refractivity contribution >= 4 is 23.1 Å². The van der Waals surface area contributed by atoms with Gasteiger partial charge in [-0.25, -0.2) is 0 Å². The lowest BCUT2D eigenvalue weighted by Crippen LogP contribution is -2.57. The second-order valence-electron chi connectivity index (χ2n) is 9.71. The standard InChI is InChI=1S/C26H32N4O2/c1-18-9-10-21-20(14-18)19(2)15-25(3,4)30(21)23(31)16-29-13-7-11-26(17-29,24(27)32)22-8-5-6-12-28-22/h5-6,8-10,12,14-15H,7,11,13,16-17H2,1-4H3,(H2,27,32)/t26-/m0/s1. The van der Waals surface area contributed by atoms with Crippen LogP contribution in [0.5, 0.6) is 0 Å². The maximum absolute atomic E-state index is 13.7. The molecule has 0 radical (unpaired) electrons. The molecule has 0 unspecified atom stereocenters. The summed E-state index contributed by atoms with van der Waals surface area (Å²) in [6, 6.07) is 11.8. The number of aromatic nitrogens is 1. The lowest BCUT2D eigenvalue weighted by atomic mass is 9.76. The molecule has 1 aromatic carbocycles. The van der Waals surface area contributed by atoms with E-state index in [2.05, 4.69) is 49.7 Å². The third-order valence-corrected chi connectivity index (χ3v) is 6.77. The topological polar surface area (TPSA) is 79.5 Å². The van der Waals surface area contributed by atoms with Gasteiger partial charge in [-0.2, -0.15) is 0 Å². The highest BCUT2D eigenvalue weighted by atomic mass is 16.2. The third kappa shape index (κ3) is 3.84. The van der Waals surface area contributed by atoms with Crippen molar-refractivity contribution in [2.75, 3.05) is 24.5 Å². The van der Waals surface area contributed by atoms with Crippen molar-refractivity contribution in [3.8, 4) is 0 Å². The first-order valence-corrected chi connectivity index (χ1v) is 11.2. The Hall–Kier alpha value is -2.99. The fourth-order valence-corrected chi connectivity index (χ4v) is 5.32.